The van der Waals surface area contributed by atoms with E-state index in [-0.39, 0.29) is 0 Å². The van der Waals surface area contributed by atoms with Crippen molar-refractivity contribution in [1.29, 1.82) is 0 Å². The van der Waals surface area contributed by atoms with Crippen LogP contribution in [0, 0.1) is 0 Å². The second-order valence-electron chi connectivity index (χ2n) is 4.95. The van der Waals surface area contributed by atoms with E-state index in [1.807, 2.05) is 12.1 Å². The van der Waals surface area contributed by atoms with Gasteiger partial charge in [-0.1, -0.05) is 18.2 Å². The number of ether oxygens (including phenoxy) is 1. The van der Waals surface area contributed by atoms with E-state index in [2.05, 4.69) is 59.4 Å². The van der Waals surface area contributed by atoms with Crippen LogP contribution < -0.4 is 10.1 Å². The maximum atomic E-state index is 5.41. The van der Waals surface area contributed by atoms with Crippen molar-refractivity contribution in [2.24, 2.45) is 0 Å². The zero-order chi connectivity index (χ0) is 14.5. The fourth-order valence-electron chi connectivity index (χ4n) is 2.33. The molecule has 0 aliphatic carbocycles. The van der Waals surface area contributed by atoms with Crippen LogP contribution in [0.5, 0.6) is 5.75 Å². The number of halogens is 1. The summed E-state index contributed by atoms with van der Waals surface area (Å²) in [6, 6.07) is 13.2. The predicted octanol–water partition coefficient (Wildman–Crippen LogP) is 4.80. The molecule has 0 radical (unpaired) electrons. The molecule has 0 aliphatic rings. The highest BCUT2D eigenvalue weighted by molar-refractivity contribution is 9.11. The summed E-state index contributed by atoms with van der Waals surface area (Å²) in [4.78, 5) is 1.35. The molecule has 1 aromatic heterocycles. The Morgan fingerprint density at radius 1 is 1.20 bits per heavy atom. The molecule has 20 heavy (non-hydrogen) atoms. The first-order valence-electron chi connectivity index (χ1n) is 6.73. The smallest absolute Gasteiger partial charge is 0.122 e. The monoisotopic (exact) mass is 353 g/mol. The lowest BCUT2D eigenvalue weighted by Crippen LogP contribution is -2.30. The average Bonchev–Trinajstić information content (AvgIpc) is 2.86. The van der Waals surface area contributed by atoms with Gasteiger partial charge < -0.3 is 10.1 Å². The summed E-state index contributed by atoms with van der Waals surface area (Å²) in [5.74, 6) is 0.965. The Bertz CT molecular complexity index is 555. The lowest BCUT2D eigenvalue weighted by Gasteiger charge is -2.20. The second kappa shape index (κ2) is 7.25. The van der Waals surface area contributed by atoms with E-state index >= 15 is 0 Å². The first-order chi connectivity index (χ1) is 9.60. The number of hydrogen-bond donors (Lipinski definition) is 1. The van der Waals surface area contributed by atoms with Crippen LogP contribution in [0.3, 0.4) is 0 Å². The Balaban J connectivity index is 1.96. The van der Waals surface area contributed by atoms with Gasteiger partial charge in [0.05, 0.1) is 10.9 Å². The zero-order valence-corrected chi connectivity index (χ0v) is 14.4. The fourth-order valence-corrected chi connectivity index (χ4v) is 3.77. The molecule has 1 N–H and O–H groups in total. The third kappa shape index (κ3) is 4.08. The summed E-state index contributed by atoms with van der Waals surface area (Å²) >= 11 is 5.29. The minimum absolute atomic E-state index is 0.357. The quantitative estimate of drug-likeness (QED) is 0.805. The van der Waals surface area contributed by atoms with Crippen molar-refractivity contribution in [2.45, 2.75) is 32.4 Å². The molecule has 0 bridgehead atoms. The molecular weight excluding hydrogens is 334 g/mol. The van der Waals surface area contributed by atoms with E-state index in [0.717, 1.165) is 12.2 Å². The standard InChI is InChI=1S/C16H20BrNOS/c1-11(10-13-6-4-5-7-14(13)19-3)18-12(2)15-8-9-16(17)20-15/h4-9,11-12,18H,10H2,1-3H3. The Morgan fingerprint density at radius 3 is 2.60 bits per heavy atom. The molecule has 0 spiro atoms. The van der Waals surface area contributed by atoms with Crippen molar-refractivity contribution in [3.63, 3.8) is 0 Å². The van der Waals surface area contributed by atoms with Crippen LogP contribution in [0.15, 0.2) is 40.2 Å². The van der Waals surface area contributed by atoms with Gasteiger partial charge in [0, 0.05) is 17.0 Å². The van der Waals surface area contributed by atoms with E-state index in [0.29, 0.717) is 12.1 Å². The first kappa shape index (κ1) is 15.5. The summed E-state index contributed by atoms with van der Waals surface area (Å²) in [6.07, 6.45) is 0.959. The highest BCUT2D eigenvalue weighted by atomic mass is 79.9. The van der Waals surface area contributed by atoms with Crippen molar-refractivity contribution in [3.8, 4) is 5.75 Å². The van der Waals surface area contributed by atoms with Crippen LogP contribution in [-0.4, -0.2) is 13.2 Å². The molecule has 1 aromatic carbocycles. The minimum Gasteiger partial charge on any atom is -0.496 e. The fraction of sp³-hybridized carbons (Fsp3) is 0.375. The lowest BCUT2D eigenvalue weighted by atomic mass is 10.1. The third-order valence-corrected chi connectivity index (χ3v) is 5.08. The molecule has 0 saturated carbocycles. The van der Waals surface area contributed by atoms with Crippen molar-refractivity contribution in [3.05, 3.63) is 50.6 Å². The topological polar surface area (TPSA) is 21.3 Å². The van der Waals surface area contributed by atoms with Gasteiger partial charge in [0.2, 0.25) is 0 Å². The van der Waals surface area contributed by atoms with Gasteiger partial charge in [0.25, 0.3) is 0 Å². The molecule has 2 atom stereocenters. The largest absolute Gasteiger partial charge is 0.496 e. The average molecular weight is 354 g/mol. The number of nitrogens with one attached hydrogen (secondary N) is 1. The van der Waals surface area contributed by atoms with Crippen LogP contribution >= 0.6 is 27.3 Å². The van der Waals surface area contributed by atoms with Crippen LogP contribution in [0.2, 0.25) is 0 Å². The van der Waals surface area contributed by atoms with Gasteiger partial charge in [-0.15, -0.1) is 11.3 Å². The number of hydrogen-bond acceptors (Lipinski definition) is 3. The molecule has 4 heteroatoms. The second-order valence-corrected chi connectivity index (χ2v) is 7.44. The molecule has 1 heterocycles. The lowest BCUT2D eigenvalue weighted by molar-refractivity contribution is 0.403. The zero-order valence-electron chi connectivity index (χ0n) is 12.0. The summed E-state index contributed by atoms with van der Waals surface area (Å²) in [5, 5.41) is 3.64. The van der Waals surface area contributed by atoms with E-state index < -0.39 is 0 Å². The van der Waals surface area contributed by atoms with Crippen LogP contribution in [0.4, 0.5) is 0 Å². The van der Waals surface area contributed by atoms with Crippen LogP contribution in [0.25, 0.3) is 0 Å². The van der Waals surface area contributed by atoms with Gasteiger partial charge in [-0.3, -0.25) is 0 Å². The van der Waals surface area contributed by atoms with E-state index in [9.17, 15) is 0 Å². The Kier molecular flexibility index (Phi) is 5.64. The third-order valence-electron chi connectivity index (χ3n) is 3.27. The van der Waals surface area contributed by atoms with E-state index in [1.54, 1.807) is 18.4 Å². The molecule has 2 aromatic rings. The molecule has 2 rings (SSSR count). The number of para-hydroxylation sites is 1. The van der Waals surface area contributed by atoms with Gasteiger partial charge in [-0.25, -0.2) is 0 Å². The molecule has 2 nitrogen and oxygen atoms in total. The Hall–Kier alpha value is -0.840. The first-order valence-corrected chi connectivity index (χ1v) is 8.34. The van der Waals surface area contributed by atoms with Gasteiger partial charge in [0.1, 0.15) is 5.75 Å². The SMILES string of the molecule is COc1ccccc1CC(C)NC(C)c1ccc(Br)s1. The number of benzene rings is 1. The maximum Gasteiger partial charge on any atom is 0.122 e. The summed E-state index contributed by atoms with van der Waals surface area (Å²) in [6.45, 7) is 4.42. The minimum atomic E-state index is 0.357. The summed E-state index contributed by atoms with van der Waals surface area (Å²) in [7, 11) is 1.72. The Labute approximate surface area is 133 Å². The highest BCUT2D eigenvalue weighted by Crippen LogP contribution is 2.27. The predicted molar refractivity (Wildman–Crippen MR) is 89.7 cm³/mol. The maximum absolute atomic E-state index is 5.41. The van der Waals surface area contributed by atoms with E-state index in [1.165, 1.54) is 14.2 Å². The Morgan fingerprint density at radius 2 is 1.95 bits per heavy atom. The summed E-state index contributed by atoms with van der Waals surface area (Å²) < 4.78 is 6.59. The summed E-state index contributed by atoms with van der Waals surface area (Å²) in [5.41, 5.74) is 1.24. The number of rotatable bonds is 6. The number of methoxy groups -OCH3 is 1. The molecule has 108 valence electrons. The van der Waals surface area contributed by atoms with Crippen LogP contribution in [0.1, 0.15) is 30.3 Å². The van der Waals surface area contributed by atoms with Gasteiger partial charge in [-0.2, -0.15) is 0 Å². The molecule has 0 amide bonds. The molecule has 0 aliphatic heterocycles. The highest BCUT2D eigenvalue weighted by Gasteiger charge is 2.13. The van der Waals surface area contributed by atoms with Crippen molar-refractivity contribution in [2.75, 3.05) is 7.11 Å². The van der Waals surface area contributed by atoms with Crippen molar-refractivity contribution >= 4 is 27.3 Å². The van der Waals surface area contributed by atoms with Crippen LogP contribution in [-0.2, 0) is 6.42 Å². The van der Waals surface area contributed by atoms with Crippen molar-refractivity contribution in [1.82, 2.24) is 5.32 Å². The molecule has 0 fully saturated rings. The van der Waals surface area contributed by atoms with Crippen molar-refractivity contribution < 1.29 is 4.74 Å². The van der Waals surface area contributed by atoms with Gasteiger partial charge in [-0.05, 0) is 60.0 Å². The van der Waals surface area contributed by atoms with Gasteiger partial charge in [0.15, 0.2) is 0 Å². The number of thiophene rings is 1. The normalized spacial score (nSPS) is 14.0. The molecule has 0 saturated heterocycles. The van der Waals surface area contributed by atoms with Gasteiger partial charge >= 0.3 is 0 Å². The molecular formula is C16H20BrNOS. The molecule has 2 unspecified atom stereocenters. The van der Waals surface area contributed by atoms with E-state index in [4.69, 9.17) is 4.74 Å².